The number of nitrogens with one attached hydrogen (secondary N) is 1. The van der Waals surface area contributed by atoms with Crippen molar-refractivity contribution >= 4 is 23.5 Å². The molecule has 0 spiro atoms. The molecule has 8 heteroatoms. The number of hydrogen-bond acceptors (Lipinski definition) is 5. The zero-order chi connectivity index (χ0) is 13.5. The first kappa shape index (κ1) is 13.5. The van der Waals surface area contributed by atoms with Crippen molar-refractivity contribution in [3.8, 4) is 0 Å². The average Bonchev–Trinajstić information content (AvgIpc) is 2.85. The summed E-state index contributed by atoms with van der Waals surface area (Å²) in [5.74, 6) is 3.11. The summed E-state index contributed by atoms with van der Waals surface area (Å²) in [6.45, 7) is 0.607. The Kier molecular flexibility index (Phi) is 3.65. The minimum Gasteiger partial charge on any atom is -0.307 e. The summed E-state index contributed by atoms with van der Waals surface area (Å²) in [7, 11) is 0. The molecule has 1 atom stereocenters. The molecule has 0 bridgehead atoms. The Morgan fingerprint density at radius 2 is 2.00 bits per heavy atom. The van der Waals surface area contributed by atoms with Crippen LogP contribution in [-0.4, -0.2) is 27.2 Å². The van der Waals surface area contributed by atoms with E-state index in [1.54, 1.807) is 23.5 Å². The third-order valence-corrected chi connectivity index (χ3v) is 5.83. The first-order valence-corrected chi connectivity index (χ1v) is 8.13. The van der Waals surface area contributed by atoms with Crippen LogP contribution in [0.2, 0.25) is 0 Å². The van der Waals surface area contributed by atoms with E-state index in [2.05, 4.69) is 15.3 Å². The summed E-state index contributed by atoms with van der Waals surface area (Å²) in [4.78, 5) is 8.17. The number of fused-ring (bicyclic) bond motifs is 1. The highest BCUT2D eigenvalue weighted by atomic mass is 32.2. The molecule has 0 aliphatic carbocycles. The van der Waals surface area contributed by atoms with Gasteiger partial charge in [0.15, 0.2) is 5.69 Å². The molecule has 0 radical (unpaired) electrons. The highest BCUT2D eigenvalue weighted by Gasteiger charge is 2.39. The van der Waals surface area contributed by atoms with Crippen LogP contribution in [0.1, 0.15) is 28.0 Å². The molecule has 1 unspecified atom stereocenters. The maximum Gasteiger partial charge on any atom is 0.433 e. The summed E-state index contributed by atoms with van der Waals surface area (Å²) in [6, 6.07) is 0. The van der Waals surface area contributed by atoms with E-state index in [4.69, 9.17) is 0 Å². The quantitative estimate of drug-likeness (QED) is 0.863. The second-order valence-electron chi connectivity index (χ2n) is 4.39. The molecule has 104 valence electrons. The Morgan fingerprint density at radius 1 is 1.16 bits per heavy atom. The van der Waals surface area contributed by atoms with Crippen molar-refractivity contribution in [2.45, 2.75) is 24.5 Å². The van der Waals surface area contributed by atoms with Crippen molar-refractivity contribution in [1.82, 2.24) is 15.3 Å². The van der Waals surface area contributed by atoms with Crippen molar-refractivity contribution in [1.29, 1.82) is 0 Å². The topological polar surface area (TPSA) is 37.8 Å². The fourth-order valence-corrected chi connectivity index (χ4v) is 4.80. The predicted octanol–water partition coefficient (Wildman–Crippen LogP) is 2.62. The predicted molar refractivity (Wildman–Crippen MR) is 70.1 cm³/mol. The van der Waals surface area contributed by atoms with Gasteiger partial charge in [0.2, 0.25) is 0 Å². The van der Waals surface area contributed by atoms with Gasteiger partial charge in [-0.1, -0.05) is 0 Å². The Labute approximate surface area is 117 Å². The van der Waals surface area contributed by atoms with Gasteiger partial charge in [0.1, 0.15) is 5.82 Å². The number of thioether (sulfide) groups is 2. The Bertz CT molecular complexity index is 487. The molecule has 2 aliphatic heterocycles. The summed E-state index contributed by atoms with van der Waals surface area (Å²) >= 11 is 3.39. The van der Waals surface area contributed by atoms with Crippen LogP contribution in [-0.2, 0) is 19.3 Å². The molecule has 3 rings (SSSR count). The van der Waals surface area contributed by atoms with Crippen LogP contribution in [0.3, 0.4) is 0 Å². The maximum atomic E-state index is 13.1. The van der Waals surface area contributed by atoms with Crippen molar-refractivity contribution < 1.29 is 13.2 Å². The highest BCUT2D eigenvalue weighted by molar-refractivity contribution is 8.06. The molecule has 0 aromatic carbocycles. The van der Waals surface area contributed by atoms with E-state index in [9.17, 15) is 13.2 Å². The number of rotatable bonds is 1. The van der Waals surface area contributed by atoms with Gasteiger partial charge in [0, 0.05) is 35.9 Å². The summed E-state index contributed by atoms with van der Waals surface area (Å²) in [6.07, 6.45) is -4.40. The Hall–Kier alpha value is -0.470. The number of halogens is 3. The second-order valence-corrected chi connectivity index (χ2v) is 6.85. The molecule has 1 aromatic heterocycles. The summed E-state index contributed by atoms with van der Waals surface area (Å²) in [5, 5.41) is 2.89. The average molecular weight is 307 g/mol. The maximum absolute atomic E-state index is 13.1. The van der Waals surface area contributed by atoms with Gasteiger partial charge in [-0.2, -0.15) is 24.9 Å². The minimum absolute atomic E-state index is 0.0225. The van der Waals surface area contributed by atoms with Crippen molar-refractivity contribution in [3.05, 3.63) is 22.8 Å². The van der Waals surface area contributed by atoms with Crippen molar-refractivity contribution in [3.63, 3.8) is 0 Å². The number of alkyl halides is 3. The molecule has 3 heterocycles. The highest BCUT2D eigenvalue weighted by Crippen LogP contribution is 2.38. The van der Waals surface area contributed by atoms with E-state index in [1.807, 2.05) is 0 Å². The standard InChI is InChI=1S/C11H12F3N3S2/c12-11(13,14)9-6-3-15-4-7(6)16-10(17-9)8-5-18-1-2-19-8/h8,15H,1-5H2. The van der Waals surface area contributed by atoms with Crippen LogP contribution >= 0.6 is 23.5 Å². The van der Waals surface area contributed by atoms with Crippen molar-refractivity contribution in [2.75, 3.05) is 17.3 Å². The zero-order valence-electron chi connectivity index (χ0n) is 9.96. The summed E-state index contributed by atoms with van der Waals surface area (Å²) < 4.78 is 39.2. The SMILES string of the molecule is FC(F)(F)c1nc(C2CSCCS2)nc2c1CNC2. The summed E-state index contributed by atoms with van der Waals surface area (Å²) in [5.41, 5.74) is -0.0353. The van der Waals surface area contributed by atoms with E-state index in [-0.39, 0.29) is 17.4 Å². The Balaban J connectivity index is 2.02. The molecule has 0 amide bonds. The van der Waals surface area contributed by atoms with Gasteiger partial charge in [-0.15, -0.1) is 11.8 Å². The normalized spacial score (nSPS) is 23.4. The van der Waals surface area contributed by atoms with Gasteiger partial charge < -0.3 is 5.32 Å². The molecular formula is C11H12F3N3S2. The van der Waals surface area contributed by atoms with Gasteiger partial charge in [0.05, 0.1) is 10.9 Å². The fourth-order valence-electron chi connectivity index (χ4n) is 2.20. The number of hydrogen-bond donors (Lipinski definition) is 1. The van der Waals surface area contributed by atoms with Crippen LogP contribution in [0, 0.1) is 0 Å². The lowest BCUT2D eigenvalue weighted by Crippen LogP contribution is -2.18. The Morgan fingerprint density at radius 3 is 2.68 bits per heavy atom. The molecule has 19 heavy (non-hydrogen) atoms. The second kappa shape index (κ2) is 5.14. The lowest BCUT2D eigenvalue weighted by Gasteiger charge is -2.21. The molecule has 1 N–H and O–H groups in total. The molecule has 2 aliphatic rings. The van der Waals surface area contributed by atoms with Crippen LogP contribution in [0.5, 0.6) is 0 Å². The van der Waals surface area contributed by atoms with E-state index >= 15 is 0 Å². The molecule has 0 saturated carbocycles. The molecule has 1 aromatic rings. The van der Waals surface area contributed by atoms with E-state index in [0.29, 0.717) is 18.1 Å². The van der Waals surface area contributed by atoms with Crippen LogP contribution in [0.4, 0.5) is 13.2 Å². The largest absolute Gasteiger partial charge is 0.433 e. The van der Waals surface area contributed by atoms with Crippen molar-refractivity contribution in [2.24, 2.45) is 0 Å². The van der Waals surface area contributed by atoms with Gasteiger partial charge in [-0.3, -0.25) is 0 Å². The molecule has 3 nitrogen and oxygen atoms in total. The van der Waals surface area contributed by atoms with Crippen LogP contribution in [0.25, 0.3) is 0 Å². The smallest absolute Gasteiger partial charge is 0.307 e. The van der Waals surface area contributed by atoms with E-state index < -0.39 is 11.9 Å². The minimum atomic E-state index is -4.40. The monoisotopic (exact) mass is 307 g/mol. The fraction of sp³-hybridized carbons (Fsp3) is 0.636. The van der Waals surface area contributed by atoms with E-state index in [0.717, 1.165) is 17.3 Å². The first-order valence-electron chi connectivity index (χ1n) is 5.92. The van der Waals surface area contributed by atoms with Gasteiger partial charge in [0.25, 0.3) is 0 Å². The third kappa shape index (κ3) is 2.71. The first-order chi connectivity index (χ1) is 9.05. The third-order valence-electron chi connectivity index (χ3n) is 3.08. The zero-order valence-corrected chi connectivity index (χ0v) is 11.6. The molecular weight excluding hydrogens is 295 g/mol. The van der Waals surface area contributed by atoms with E-state index in [1.165, 1.54) is 0 Å². The van der Waals surface area contributed by atoms with Crippen LogP contribution < -0.4 is 5.32 Å². The number of nitrogens with zero attached hydrogens (tertiary/aromatic N) is 2. The van der Waals surface area contributed by atoms with Crippen LogP contribution in [0.15, 0.2) is 0 Å². The molecule has 1 saturated heterocycles. The molecule has 1 fully saturated rings. The van der Waals surface area contributed by atoms with Gasteiger partial charge in [-0.05, 0) is 0 Å². The number of aromatic nitrogens is 2. The lowest BCUT2D eigenvalue weighted by molar-refractivity contribution is -0.142. The van der Waals surface area contributed by atoms with Gasteiger partial charge >= 0.3 is 6.18 Å². The van der Waals surface area contributed by atoms with Gasteiger partial charge in [-0.25, -0.2) is 9.97 Å². The lowest BCUT2D eigenvalue weighted by atomic mass is 10.1.